The van der Waals surface area contributed by atoms with Crippen LogP contribution in [-0.2, 0) is 4.79 Å². The Morgan fingerprint density at radius 1 is 1.57 bits per heavy atom. The molecule has 1 atom stereocenters. The van der Waals surface area contributed by atoms with Crippen LogP contribution in [0.2, 0.25) is 0 Å². The zero-order valence-corrected chi connectivity index (χ0v) is 8.88. The van der Waals surface area contributed by atoms with E-state index in [0.29, 0.717) is 5.56 Å². The molecule has 1 aromatic rings. The van der Waals surface area contributed by atoms with Crippen molar-refractivity contribution in [3.8, 4) is 0 Å². The molecule has 0 saturated heterocycles. The summed E-state index contributed by atoms with van der Waals surface area (Å²) < 4.78 is 0. The standard InChI is InChI=1S/C8H10N2O2.2ClH/c9-7(4-8(11)12)6-2-1-3-10-5-6;;/h1-3,5,7H,4,9H2,(H,11,12);2*1H/p-1. The number of aliphatic carboxylic acids is 1. The third-order valence-electron chi connectivity index (χ3n) is 1.50. The van der Waals surface area contributed by atoms with Gasteiger partial charge in [-0.2, -0.15) is 0 Å². The van der Waals surface area contributed by atoms with Gasteiger partial charge in [0.2, 0.25) is 0 Å². The van der Waals surface area contributed by atoms with Gasteiger partial charge in [0.15, 0.2) is 0 Å². The van der Waals surface area contributed by atoms with Crippen LogP contribution >= 0.6 is 24.8 Å². The molecular weight excluding hydrogens is 227 g/mol. The third-order valence-corrected chi connectivity index (χ3v) is 1.50. The Kier molecular flexibility index (Phi) is 8.43. The SMILES string of the molecule is Cl.Cl.NC(CC(=O)[O-])c1cccnc1. The van der Waals surface area contributed by atoms with Crippen LogP contribution < -0.4 is 10.8 Å². The van der Waals surface area contributed by atoms with Crippen LogP contribution in [-0.4, -0.2) is 11.0 Å². The second-order valence-corrected chi connectivity index (χ2v) is 2.47. The maximum atomic E-state index is 10.2. The summed E-state index contributed by atoms with van der Waals surface area (Å²) in [5.41, 5.74) is 6.24. The van der Waals surface area contributed by atoms with Gasteiger partial charge in [-0.1, -0.05) is 6.07 Å². The maximum absolute atomic E-state index is 10.2. The van der Waals surface area contributed by atoms with Gasteiger partial charge in [0.05, 0.1) is 0 Å². The summed E-state index contributed by atoms with van der Waals surface area (Å²) in [6.07, 6.45) is 2.98. The molecule has 0 radical (unpaired) electrons. The van der Waals surface area contributed by atoms with Crippen LogP contribution in [0.15, 0.2) is 24.5 Å². The number of rotatable bonds is 3. The van der Waals surface area contributed by atoms with Crippen molar-refractivity contribution >= 4 is 30.8 Å². The number of nitrogens with two attached hydrogens (primary N) is 1. The molecule has 1 unspecified atom stereocenters. The van der Waals surface area contributed by atoms with Gasteiger partial charge in [0.25, 0.3) is 0 Å². The molecule has 14 heavy (non-hydrogen) atoms. The Morgan fingerprint density at radius 3 is 2.64 bits per heavy atom. The van der Waals surface area contributed by atoms with Crippen molar-refractivity contribution < 1.29 is 9.90 Å². The lowest BCUT2D eigenvalue weighted by atomic mass is 10.1. The summed E-state index contributed by atoms with van der Waals surface area (Å²) in [5, 5.41) is 10.2. The highest BCUT2D eigenvalue weighted by atomic mass is 35.5. The fourth-order valence-corrected chi connectivity index (χ4v) is 0.893. The second kappa shape index (κ2) is 7.55. The Bertz CT molecular complexity index is 269. The number of nitrogens with zero attached hydrogens (tertiary/aromatic N) is 1. The van der Waals surface area contributed by atoms with E-state index in [4.69, 9.17) is 5.73 Å². The number of aromatic nitrogens is 1. The summed E-state index contributed by atoms with van der Waals surface area (Å²) >= 11 is 0. The Morgan fingerprint density at radius 2 is 2.21 bits per heavy atom. The normalized spacial score (nSPS) is 10.6. The van der Waals surface area contributed by atoms with Crippen LogP contribution in [0, 0.1) is 0 Å². The van der Waals surface area contributed by atoms with Gasteiger partial charge in [-0.05, 0) is 11.6 Å². The van der Waals surface area contributed by atoms with E-state index in [1.807, 2.05) is 0 Å². The molecule has 4 nitrogen and oxygen atoms in total. The number of carbonyl (C=O) groups excluding carboxylic acids is 1. The molecule has 0 aromatic carbocycles. The maximum Gasteiger partial charge on any atom is 0.0433 e. The van der Waals surface area contributed by atoms with E-state index in [0.717, 1.165) is 0 Å². The lowest BCUT2D eigenvalue weighted by Crippen LogP contribution is -2.27. The van der Waals surface area contributed by atoms with Crippen LogP contribution in [0.3, 0.4) is 0 Å². The van der Waals surface area contributed by atoms with Gasteiger partial charge >= 0.3 is 0 Å². The third kappa shape index (κ3) is 5.01. The summed E-state index contributed by atoms with van der Waals surface area (Å²) in [6.45, 7) is 0. The van der Waals surface area contributed by atoms with Crippen molar-refractivity contribution in [3.63, 3.8) is 0 Å². The molecule has 0 amide bonds. The van der Waals surface area contributed by atoms with E-state index in [9.17, 15) is 9.90 Å². The van der Waals surface area contributed by atoms with E-state index in [1.165, 1.54) is 0 Å². The first kappa shape index (κ1) is 15.6. The molecule has 0 bridgehead atoms. The molecule has 0 spiro atoms. The highest BCUT2D eigenvalue weighted by Crippen LogP contribution is 2.10. The molecule has 0 aliphatic carbocycles. The van der Waals surface area contributed by atoms with Crippen molar-refractivity contribution in [3.05, 3.63) is 30.1 Å². The largest absolute Gasteiger partial charge is 0.550 e. The van der Waals surface area contributed by atoms with Crippen molar-refractivity contribution in [2.45, 2.75) is 12.5 Å². The number of halogens is 2. The number of carboxylic acid groups (broad SMARTS) is 1. The number of hydrogen-bond donors (Lipinski definition) is 1. The highest BCUT2D eigenvalue weighted by molar-refractivity contribution is 5.85. The van der Waals surface area contributed by atoms with Gasteiger partial charge in [0.1, 0.15) is 0 Å². The minimum Gasteiger partial charge on any atom is -0.550 e. The Hall–Kier alpha value is -0.840. The monoisotopic (exact) mass is 237 g/mol. The summed E-state index contributed by atoms with van der Waals surface area (Å²) in [6, 6.07) is 2.93. The molecule has 80 valence electrons. The molecule has 6 heteroatoms. The molecule has 0 aliphatic rings. The van der Waals surface area contributed by atoms with Gasteiger partial charge in [-0.25, -0.2) is 0 Å². The molecule has 0 fully saturated rings. The van der Waals surface area contributed by atoms with E-state index in [2.05, 4.69) is 4.98 Å². The van der Waals surface area contributed by atoms with Crippen LogP contribution in [0.4, 0.5) is 0 Å². The zero-order chi connectivity index (χ0) is 8.97. The fourth-order valence-electron chi connectivity index (χ4n) is 0.893. The molecule has 2 N–H and O–H groups in total. The van der Waals surface area contributed by atoms with E-state index in [1.54, 1.807) is 24.5 Å². The highest BCUT2D eigenvalue weighted by Gasteiger charge is 2.04. The topological polar surface area (TPSA) is 79.0 Å². The predicted molar refractivity (Wildman–Crippen MR) is 55.3 cm³/mol. The van der Waals surface area contributed by atoms with Gasteiger partial charge in [-0.15, -0.1) is 24.8 Å². The first-order chi connectivity index (χ1) is 5.70. The van der Waals surface area contributed by atoms with Gasteiger partial charge < -0.3 is 15.6 Å². The lowest BCUT2D eigenvalue weighted by molar-refractivity contribution is -0.306. The number of hydrogen-bond acceptors (Lipinski definition) is 4. The summed E-state index contributed by atoms with van der Waals surface area (Å²) in [7, 11) is 0. The second-order valence-electron chi connectivity index (χ2n) is 2.47. The van der Waals surface area contributed by atoms with Crippen molar-refractivity contribution in [1.82, 2.24) is 4.98 Å². The average molecular weight is 238 g/mol. The summed E-state index contributed by atoms with van der Waals surface area (Å²) in [4.78, 5) is 14.0. The molecule has 1 rings (SSSR count). The summed E-state index contributed by atoms with van der Waals surface area (Å²) in [5.74, 6) is -1.15. The molecule has 1 aromatic heterocycles. The van der Waals surface area contributed by atoms with Crippen molar-refractivity contribution in [2.24, 2.45) is 5.73 Å². The first-order valence-electron chi connectivity index (χ1n) is 3.55. The predicted octanol–water partition coefficient (Wildman–Crippen LogP) is 0.0650. The number of carbonyl (C=O) groups is 1. The minimum absolute atomic E-state index is 0. The van der Waals surface area contributed by atoms with Crippen LogP contribution in [0.5, 0.6) is 0 Å². The lowest BCUT2D eigenvalue weighted by Gasteiger charge is -2.11. The number of pyridine rings is 1. The molecule has 0 aliphatic heterocycles. The quantitative estimate of drug-likeness (QED) is 0.807. The minimum atomic E-state index is -1.15. The fraction of sp³-hybridized carbons (Fsp3) is 0.250. The van der Waals surface area contributed by atoms with Gasteiger partial charge in [0, 0.05) is 30.8 Å². The van der Waals surface area contributed by atoms with E-state index >= 15 is 0 Å². The number of carboxylic acids is 1. The molecule has 1 heterocycles. The Balaban J connectivity index is 0. The van der Waals surface area contributed by atoms with E-state index in [-0.39, 0.29) is 31.2 Å². The van der Waals surface area contributed by atoms with Crippen molar-refractivity contribution in [2.75, 3.05) is 0 Å². The zero-order valence-electron chi connectivity index (χ0n) is 7.25. The van der Waals surface area contributed by atoms with Crippen LogP contribution in [0.1, 0.15) is 18.0 Å². The van der Waals surface area contributed by atoms with Crippen LogP contribution in [0.25, 0.3) is 0 Å². The first-order valence-corrected chi connectivity index (χ1v) is 3.55. The van der Waals surface area contributed by atoms with Crippen molar-refractivity contribution in [1.29, 1.82) is 0 Å². The van der Waals surface area contributed by atoms with E-state index < -0.39 is 12.0 Å². The molecular formula is C8H11Cl2N2O2-. The average Bonchev–Trinajstić information content (AvgIpc) is 2.05. The van der Waals surface area contributed by atoms with Gasteiger partial charge in [-0.3, -0.25) is 4.98 Å². The smallest absolute Gasteiger partial charge is 0.0433 e. The Labute approximate surface area is 94.3 Å². The molecule has 0 saturated carbocycles.